The lowest BCUT2D eigenvalue weighted by atomic mass is 9.70. The van der Waals surface area contributed by atoms with Gasteiger partial charge in [-0.25, -0.2) is 0 Å². The zero-order valence-electron chi connectivity index (χ0n) is 12.0. The smallest absolute Gasteiger partial charge is 0.152 e. The molecule has 1 aromatic carbocycles. The van der Waals surface area contributed by atoms with E-state index in [1.807, 2.05) is 17.8 Å². The maximum atomic E-state index is 12.7. The molecule has 0 amide bonds. The van der Waals surface area contributed by atoms with Crippen LogP contribution >= 0.6 is 11.8 Å². The van der Waals surface area contributed by atoms with Crippen molar-refractivity contribution in [2.24, 2.45) is 16.7 Å². The Labute approximate surface area is 120 Å². The van der Waals surface area contributed by atoms with Crippen molar-refractivity contribution in [3.8, 4) is 0 Å². The molecule has 19 heavy (non-hydrogen) atoms. The van der Waals surface area contributed by atoms with Gasteiger partial charge in [-0.05, 0) is 29.7 Å². The largest absolute Gasteiger partial charge is 0.298 e. The average Bonchev–Trinajstić information content (AvgIpc) is 2.70. The van der Waals surface area contributed by atoms with Crippen LogP contribution < -0.4 is 0 Å². The van der Waals surface area contributed by atoms with Gasteiger partial charge >= 0.3 is 0 Å². The molecular weight excluding hydrogens is 252 g/mol. The number of hydrogen-bond donors (Lipinski definition) is 0. The van der Waals surface area contributed by atoms with Crippen molar-refractivity contribution in [1.82, 2.24) is 0 Å². The van der Waals surface area contributed by atoms with Crippen molar-refractivity contribution < 1.29 is 4.79 Å². The topological polar surface area (TPSA) is 17.1 Å². The van der Waals surface area contributed by atoms with Crippen molar-refractivity contribution in [1.29, 1.82) is 0 Å². The summed E-state index contributed by atoms with van der Waals surface area (Å²) in [5, 5.41) is 0.217. The zero-order chi connectivity index (χ0) is 13.7. The maximum absolute atomic E-state index is 12.7. The van der Waals surface area contributed by atoms with Crippen molar-refractivity contribution in [3.63, 3.8) is 0 Å². The van der Waals surface area contributed by atoms with E-state index in [2.05, 4.69) is 45.0 Å². The molecule has 1 aromatic rings. The Bertz CT molecular complexity index is 493. The predicted molar refractivity (Wildman–Crippen MR) is 81.1 cm³/mol. The van der Waals surface area contributed by atoms with Gasteiger partial charge < -0.3 is 0 Å². The Morgan fingerprint density at radius 1 is 1.21 bits per heavy atom. The SMILES string of the molecule is CC1(C)[C@@H]2CC[C@@]1(C)C(=O)[C@@H]2SCc1ccccc1. The predicted octanol–water partition coefficient (Wildman–Crippen LogP) is 4.31. The van der Waals surface area contributed by atoms with Gasteiger partial charge in [0.25, 0.3) is 0 Å². The second kappa shape index (κ2) is 4.37. The average molecular weight is 274 g/mol. The molecule has 2 heteroatoms. The minimum atomic E-state index is -0.0774. The molecule has 0 saturated heterocycles. The summed E-state index contributed by atoms with van der Waals surface area (Å²) in [6.45, 7) is 6.79. The summed E-state index contributed by atoms with van der Waals surface area (Å²) in [6, 6.07) is 10.5. The summed E-state index contributed by atoms with van der Waals surface area (Å²) < 4.78 is 0. The first-order chi connectivity index (χ1) is 8.97. The molecule has 0 spiro atoms. The van der Waals surface area contributed by atoms with Crippen LogP contribution in [0.5, 0.6) is 0 Å². The summed E-state index contributed by atoms with van der Waals surface area (Å²) in [5.74, 6) is 2.04. The second-order valence-corrected chi connectivity index (χ2v) is 7.91. The number of Topliss-reactive ketones (excluding diaryl/α,β-unsaturated/α-hetero) is 1. The van der Waals surface area contributed by atoms with Gasteiger partial charge in [-0.2, -0.15) is 0 Å². The van der Waals surface area contributed by atoms with Crippen LogP contribution in [0.1, 0.15) is 39.2 Å². The van der Waals surface area contributed by atoms with E-state index in [-0.39, 0.29) is 16.1 Å². The van der Waals surface area contributed by atoms with E-state index in [0.29, 0.717) is 11.7 Å². The van der Waals surface area contributed by atoms with Gasteiger partial charge in [0.2, 0.25) is 0 Å². The van der Waals surface area contributed by atoms with Crippen LogP contribution in [0.25, 0.3) is 0 Å². The Morgan fingerprint density at radius 3 is 2.47 bits per heavy atom. The highest BCUT2D eigenvalue weighted by molar-refractivity contribution is 7.99. The molecule has 0 heterocycles. The van der Waals surface area contributed by atoms with E-state index < -0.39 is 0 Å². The van der Waals surface area contributed by atoms with E-state index in [1.165, 1.54) is 12.0 Å². The number of ketones is 1. The molecule has 2 fully saturated rings. The highest BCUT2D eigenvalue weighted by atomic mass is 32.2. The molecular formula is C17H22OS. The lowest BCUT2D eigenvalue weighted by Gasteiger charge is -2.32. The first-order valence-corrected chi connectivity index (χ1v) is 8.21. The van der Waals surface area contributed by atoms with Gasteiger partial charge in [0.1, 0.15) is 0 Å². The number of fused-ring (bicyclic) bond motifs is 2. The van der Waals surface area contributed by atoms with Crippen LogP contribution in [-0.2, 0) is 10.5 Å². The number of benzene rings is 1. The molecule has 3 atom stereocenters. The van der Waals surface area contributed by atoms with Crippen LogP contribution in [0.3, 0.4) is 0 Å². The first kappa shape index (κ1) is 13.2. The van der Waals surface area contributed by atoms with Crippen molar-refractivity contribution in [2.75, 3.05) is 0 Å². The van der Waals surface area contributed by atoms with Gasteiger partial charge in [0.15, 0.2) is 5.78 Å². The maximum Gasteiger partial charge on any atom is 0.152 e. The Hall–Kier alpha value is -0.760. The standard InChI is InChI=1S/C17H22OS/c1-16(2)13-9-10-17(16,3)15(18)14(13)19-11-12-7-5-4-6-8-12/h4-8,13-14H,9-11H2,1-3H3/t13-,14-,17+/m1/s1. The fraction of sp³-hybridized carbons (Fsp3) is 0.588. The number of carbonyl (C=O) groups is 1. The Kier molecular flexibility index (Phi) is 3.05. The molecule has 2 saturated carbocycles. The summed E-state index contributed by atoms with van der Waals surface area (Å²) >= 11 is 1.86. The van der Waals surface area contributed by atoms with Gasteiger partial charge in [-0.3, -0.25) is 4.79 Å². The molecule has 0 unspecified atom stereocenters. The van der Waals surface area contributed by atoms with Gasteiger partial charge in [0, 0.05) is 11.2 Å². The van der Waals surface area contributed by atoms with E-state index in [4.69, 9.17) is 0 Å². The number of thioether (sulfide) groups is 1. The third-order valence-corrected chi connectivity index (χ3v) is 7.15. The molecule has 0 N–H and O–H groups in total. The molecule has 0 aliphatic heterocycles. The molecule has 102 valence electrons. The van der Waals surface area contributed by atoms with Crippen molar-refractivity contribution in [2.45, 2.75) is 44.6 Å². The van der Waals surface area contributed by atoms with E-state index in [1.54, 1.807) is 0 Å². The van der Waals surface area contributed by atoms with Crippen LogP contribution in [0.15, 0.2) is 30.3 Å². The molecule has 3 rings (SSSR count). The van der Waals surface area contributed by atoms with Gasteiger partial charge in [-0.15, -0.1) is 11.8 Å². The summed E-state index contributed by atoms with van der Waals surface area (Å²) in [6.07, 6.45) is 2.31. The van der Waals surface area contributed by atoms with E-state index >= 15 is 0 Å². The molecule has 0 aromatic heterocycles. The van der Waals surface area contributed by atoms with Crippen LogP contribution in [0.2, 0.25) is 0 Å². The van der Waals surface area contributed by atoms with Gasteiger partial charge in [-0.1, -0.05) is 51.1 Å². The highest BCUT2D eigenvalue weighted by Crippen LogP contribution is 2.65. The number of hydrogen-bond acceptors (Lipinski definition) is 2. The molecule has 0 radical (unpaired) electrons. The Balaban J connectivity index is 1.75. The van der Waals surface area contributed by atoms with E-state index in [9.17, 15) is 4.79 Å². The number of carbonyl (C=O) groups excluding carboxylic acids is 1. The molecule has 2 aliphatic rings. The quantitative estimate of drug-likeness (QED) is 0.817. The van der Waals surface area contributed by atoms with Crippen LogP contribution in [-0.4, -0.2) is 11.0 Å². The minimum Gasteiger partial charge on any atom is -0.298 e. The molecule has 2 aliphatic carbocycles. The first-order valence-electron chi connectivity index (χ1n) is 7.17. The lowest BCUT2D eigenvalue weighted by molar-refractivity contribution is -0.127. The zero-order valence-corrected chi connectivity index (χ0v) is 12.8. The Morgan fingerprint density at radius 2 is 1.89 bits per heavy atom. The summed E-state index contributed by atoms with van der Waals surface area (Å²) in [5.41, 5.74) is 1.43. The van der Waals surface area contributed by atoms with E-state index in [0.717, 1.165) is 12.2 Å². The normalized spacial score (nSPS) is 35.8. The monoisotopic (exact) mass is 274 g/mol. The van der Waals surface area contributed by atoms with Crippen molar-refractivity contribution >= 4 is 17.5 Å². The third-order valence-electron chi connectivity index (χ3n) is 5.74. The van der Waals surface area contributed by atoms with Crippen LogP contribution in [0, 0.1) is 16.7 Å². The summed E-state index contributed by atoms with van der Waals surface area (Å²) in [4.78, 5) is 12.7. The minimum absolute atomic E-state index is 0.0774. The summed E-state index contributed by atoms with van der Waals surface area (Å²) in [7, 11) is 0. The highest BCUT2D eigenvalue weighted by Gasteiger charge is 2.66. The van der Waals surface area contributed by atoms with Crippen molar-refractivity contribution in [3.05, 3.63) is 35.9 Å². The fourth-order valence-electron chi connectivity index (χ4n) is 3.96. The second-order valence-electron chi connectivity index (χ2n) is 6.78. The molecule has 1 nitrogen and oxygen atoms in total. The lowest BCUT2D eigenvalue weighted by Crippen LogP contribution is -2.34. The van der Waals surface area contributed by atoms with Gasteiger partial charge in [0.05, 0.1) is 5.25 Å². The number of rotatable bonds is 3. The van der Waals surface area contributed by atoms with Crippen LogP contribution in [0.4, 0.5) is 0 Å². The molecule has 2 bridgehead atoms. The third kappa shape index (κ3) is 1.79. The fourth-order valence-corrected chi connectivity index (χ4v) is 5.64.